The fourth-order valence-corrected chi connectivity index (χ4v) is 1.87. The minimum Gasteiger partial charge on any atom is -0.490 e. The number of carbonyl (C=O) groups excluding carboxylic acids is 1. The summed E-state index contributed by atoms with van der Waals surface area (Å²) in [6.45, 7) is 2.32. The molecular weight excluding hydrogens is 314 g/mol. The predicted octanol–water partition coefficient (Wildman–Crippen LogP) is 3.15. The number of nitro groups is 1. The Hall–Kier alpha value is -3.29. The molecule has 0 aliphatic heterocycles. The molecule has 2 aromatic rings. The van der Waals surface area contributed by atoms with Crippen molar-refractivity contribution in [1.29, 1.82) is 0 Å². The van der Waals surface area contributed by atoms with E-state index in [1.807, 2.05) is 13.0 Å². The van der Waals surface area contributed by atoms with Crippen molar-refractivity contribution in [3.63, 3.8) is 0 Å². The molecule has 0 aliphatic carbocycles. The van der Waals surface area contributed by atoms with Gasteiger partial charge in [0.15, 0.2) is 18.2 Å². The highest BCUT2D eigenvalue weighted by Gasteiger charge is 2.07. The van der Waals surface area contributed by atoms with E-state index in [2.05, 4.69) is 10.6 Å². The van der Waals surface area contributed by atoms with Crippen LogP contribution in [0, 0.1) is 10.1 Å². The summed E-state index contributed by atoms with van der Waals surface area (Å²) in [6, 6.07) is 12.2. The molecule has 0 bridgehead atoms. The van der Waals surface area contributed by atoms with Gasteiger partial charge in [0.25, 0.3) is 5.69 Å². The Bertz CT molecular complexity index is 703. The van der Waals surface area contributed by atoms with Crippen molar-refractivity contribution in [3.8, 4) is 11.5 Å². The van der Waals surface area contributed by atoms with Crippen molar-refractivity contribution in [1.82, 2.24) is 5.32 Å². The number of hydrogen-bond acceptors (Lipinski definition) is 5. The number of ether oxygens (including phenoxy) is 2. The molecule has 0 unspecified atom stereocenters. The van der Waals surface area contributed by atoms with Gasteiger partial charge in [0.05, 0.1) is 11.5 Å². The third-order valence-electron chi connectivity index (χ3n) is 2.95. The van der Waals surface area contributed by atoms with Gasteiger partial charge in [0.1, 0.15) is 0 Å². The second-order valence-corrected chi connectivity index (χ2v) is 4.60. The van der Waals surface area contributed by atoms with E-state index < -0.39 is 11.0 Å². The van der Waals surface area contributed by atoms with E-state index in [1.54, 1.807) is 18.2 Å². The topological polar surface area (TPSA) is 103 Å². The molecule has 2 N–H and O–H groups in total. The van der Waals surface area contributed by atoms with E-state index in [4.69, 9.17) is 9.47 Å². The lowest BCUT2D eigenvalue weighted by Gasteiger charge is -2.12. The molecular formula is C16H17N3O5. The summed E-state index contributed by atoms with van der Waals surface area (Å²) in [5.41, 5.74) is 0.393. The number of amides is 2. The van der Waals surface area contributed by atoms with E-state index in [-0.39, 0.29) is 12.4 Å². The minimum absolute atomic E-state index is 0.0446. The maximum atomic E-state index is 11.8. The zero-order valence-corrected chi connectivity index (χ0v) is 13.0. The van der Waals surface area contributed by atoms with E-state index >= 15 is 0 Å². The number of non-ortho nitro benzene ring substituents is 1. The van der Waals surface area contributed by atoms with Crippen LogP contribution in [0.25, 0.3) is 0 Å². The number of anilines is 1. The second-order valence-electron chi connectivity index (χ2n) is 4.60. The van der Waals surface area contributed by atoms with Crippen LogP contribution in [0.3, 0.4) is 0 Å². The molecule has 0 radical (unpaired) electrons. The number of benzene rings is 2. The molecule has 0 aromatic heterocycles. The first-order valence-electron chi connectivity index (χ1n) is 7.24. The van der Waals surface area contributed by atoms with Crippen molar-refractivity contribution in [2.24, 2.45) is 0 Å². The lowest BCUT2D eigenvalue weighted by molar-refractivity contribution is -0.384. The molecule has 24 heavy (non-hydrogen) atoms. The Balaban J connectivity index is 1.82. The number of urea groups is 1. The molecule has 8 heteroatoms. The summed E-state index contributed by atoms with van der Waals surface area (Å²) in [6.07, 6.45) is 0. The Morgan fingerprint density at radius 2 is 1.71 bits per heavy atom. The molecule has 2 amide bonds. The van der Waals surface area contributed by atoms with E-state index in [1.165, 1.54) is 24.3 Å². The number of nitrogens with one attached hydrogen (secondary N) is 2. The number of carbonyl (C=O) groups is 1. The third-order valence-corrected chi connectivity index (χ3v) is 2.95. The molecule has 0 atom stereocenters. The van der Waals surface area contributed by atoms with Gasteiger partial charge >= 0.3 is 6.03 Å². The van der Waals surface area contributed by atoms with E-state index in [0.717, 1.165) is 0 Å². The highest BCUT2D eigenvalue weighted by atomic mass is 16.6. The Labute approximate surface area is 138 Å². The summed E-state index contributed by atoms with van der Waals surface area (Å²) in [5, 5.41) is 15.6. The van der Waals surface area contributed by atoms with Crippen LogP contribution in [-0.2, 0) is 0 Å². The highest BCUT2D eigenvalue weighted by Crippen LogP contribution is 2.25. The van der Waals surface area contributed by atoms with E-state index in [0.29, 0.717) is 23.8 Å². The van der Waals surface area contributed by atoms with Crippen molar-refractivity contribution >= 4 is 17.4 Å². The molecule has 0 spiro atoms. The fourth-order valence-electron chi connectivity index (χ4n) is 1.87. The summed E-state index contributed by atoms with van der Waals surface area (Å²) in [5.74, 6) is 1.12. The molecule has 126 valence electrons. The summed E-state index contributed by atoms with van der Waals surface area (Å²) < 4.78 is 10.9. The van der Waals surface area contributed by atoms with Crippen LogP contribution in [0.15, 0.2) is 48.5 Å². The zero-order valence-electron chi connectivity index (χ0n) is 13.0. The summed E-state index contributed by atoms with van der Waals surface area (Å²) >= 11 is 0. The van der Waals surface area contributed by atoms with Gasteiger partial charge < -0.3 is 20.1 Å². The predicted molar refractivity (Wildman–Crippen MR) is 88.4 cm³/mol. The largest absolute Gasteiger partial charge is 0.490 e. The molecule has 0 aliphatic rings. The monoisotopic (exact) mass is 331 g/mol. The van der Waals surface area contributed by atoms with Gasteiger partial charge in [-0.05, 0) is 31.2 Å². The van der Waals surface area contributed by atoms with Gasteiger partial charge in [-0.2, -0.15) is 0 Å². The van der Waals surface area contributed by atoms with Crippen LogP contribution in [0.4, 0.5) is 16.2 Å². The smallest absolute Gasteiger partial charge is 0.321 e. The average molecular weight is 331 g/mol. The van der Waals surface area contributed by atoms with Crippen molar-refractivity contribution in [3.05, 3.63) is 58.6 Å². The van der Waals surface area contributed by atoms with Crippen LogP contribution in [-0.4, -0.2) is 24.3 Å². The van der Waals surface area contributed by atoms with Gasteiger partial charge in [-0.3, -0.25) is 10.1 Å². The summed E-state index contributed by atoms with van der Waals surface area (Å²) in [7, 11) is 0. The Kier molecular flexibility index (Phi) is 5.95. The van der Waals surface area contributed by atoms with Crippen LogP contribution in [0.2, 0.25) is 0 Å². The lowest BCUT2D eigenvalue weighted by Crippen LogP contribution is -2.32. The van der Waals surface area contributed by atoms with Crippen molar-refractivity contribution < 1.29 is 19.2 Å². The van der Waals surface area contributed by atoms with Crippen molar-refractivity contribution in [2.45, 2.75) is 6.92 Å². The number of hydrogen-bond donors (Lipinski definition) is 2. The maximum Gasteiger partial charge on any atom is 0.321 e. The molecule has 0 heterocycles. The van der Waals surface area contributed by atoms with Crippen LogP contribution < -0.4 is 20.1 Å². The van der Waals surface area contributed by atoms with Gasteiger partial charge in [0, 0.05) is 17.8 Å². The SMILES string of the molecule is CCOc1ccccc1OCNC(=O)Nc1ccc([N+](=O)[O-])cc1. The molecule has 0 saturated carbocycles. The number of rotatable bonds is 7. The van der Waals surface area contributed by atoms with Gasteiger partial charge in [-0.15, -0.1) is 0 Å². The van der Waals surface area contributed by atoms with Gasteiger partial charge in [0.2, 0.25) is 0 Å². The molecule has 0 fully saturated rings. The van der Waals surface area contributed by atoms with Crippen molar-refractivity contribution in [2.75, 3.05) is 18.7 Å². The summed E-state index contributed by atoms with van der Waals surface area (Å²) in [4.78, 5) is 21.8. The molecule has 2 aromatic carbocycles. The maximum absolute atomic E-state index is 11.8. The molecule has 8 nitrogen and oxygen atoms in total. The zero-order chi connectivity index (χ0) is 17.4. The Morgan fingerprint density at radius 3 is 2.29 bits per heavy atom. The first-order chi connectivity index (χ1) is 11.6. The standard InChI is InChI=1S/C16H17N3O5/c1-2-23-14-5-3-4-6-15(14)24-11-17-16(20)18-12-7-9-13(10-8-12)19(21)22/h3-10H,2,11H2,1H3,(H2,17,18,20). The van der Waals surface area contributed by atoms with Gasteiger partial charge in [-0.25, -0.2) is 4.79 Å². The minimum atomic E-state index is -0.506. The second kappa shape index (κ2) is 8.37. The molecule has 0 saturated heterocycles. The van der Waals surface area contributed by atoms with E-state index in [9.17, 15) is 14.9 Å². The number of nitro benzene ring substituents is 1. The average Bonchev–Trinajstić information content (AvgIpc) is 2.57. The number of nitrogens with zero attached hydrogens (tertiary/aromatic N) is 1. The first-order valence-corrected chi connectivity index (χ1v) is 7.24. The van der Waals surface area contributed by atoms with Crippen LogP contribution >= 0.6 is 0 Å². The quantitative estimate of drug-likeness (QED) is 0.461. The third kappa shape index (κ3) is 4.87. The normalized spacial score (nSPS) is 9.88. The highest BCUT2D eigenvalue weighted by molar-refractivity contribution is 5.89. The lowest BCUT2D eigenvalue weighted by atomic mass is 10.3. The Morgan fingerprint density at radius 1 is 1.08 bits per heavy atom. The molecule has 2 rings (SSSR count). The first kappa shape index (κ1) is 17.1. The van der Waals surface area contributed by atoms with Gasteiger partial charge in [-0.1, -0.05) is 12.1 Å². The number of para-hydroxylation sites is 2. The van der Waals surface area contributed by atoms with Crippen LogP contribution in [0.1, 0.15) is 6.92 Å². The fraction of sp³-hybridized carbons (Fsp3) is 0.188. The van der Waals surface area contributed by atoms with Crippen LogP contribution in [0.5, 0.6) is 11.5 Å².